The van der Waals surface area contributed by atoms with Crippen molar-refractivity contribution in [2.75, 3.05) is 13.1 Å². The van der Waals surface area contributed by atoms with Gasteiger partial charge in [-0.2, -0.15) is 0 Å². The Morgan fingerprint density at radius 2 is 1.93 bits per heavy atom. The van der Waals surface area contributed by atoms with Crippen LogP contribution in [0, 0.1) is 19.7 Å². The molecule has 0 unspecified atom stereocenters. The zero-order valence-corrected chi connectivity index (χ0v) is 17.0. The van der Waals surface area contributed by atoms with E-state index in [-0.39, 0.29) is 24.0 Å². The van der Waals surface area contributed by atoms with Gasteiger partial charge in [0, 0.05) is 19.2 Å². The largest absolute Gasteiger partial charge is 0.486 e. The maximum Gasteiger partial charge on any atom is 0.276 e. The maximum absolute atomic E-state index is 13.1. The average Bonchev–Trinajstić information content (AvgIpc) is 3.24. The van der Waals surface area contributed by atoms with E-state index in [0.29, 0.717) is 25.3 Å². The molecule has 2 heterocycles. The lowest BCUT2D eigenvalue weighted by Gasteiger charge is -2.25. The molecule has 1 amide bonds. The van der Waals surface area contributed by atoms with Crippen molar-refractivity contribution in [1.29, 1.82) is 0 Å². The summed E-state index contributed by atoms with van der Waals surface area (Å²) in [5.74, 6) is 0.814. The molecular weight excluding hydrogens is 383 g/mol. The minimum Gasteiger partial charge on any atom is -0.486 e. The van der Waals surface area contributed by atoms with Gasteiger partial charge in [0.25, 0.3) is 5.91 Å². The minimum absolute atomic E-state index is 0.175. The molecule has 3 aromatic rings. The second-order valence-electron chi connectivity index (χ2n) is 7.45. The summed E-state index contributed by atoms with van der Waals surface area (Å²) in [6, 6.07) is 13.9. The Morgan fingerprint density at radius 3 is 2.63 bits per heavy atom. The standard InChI is InChI=1S/C24H23FN2O3/c1-16-3-8-21(13-17(16)2)29-15-22-14-23(26-30-22)24(28)27-11-9-19(10-12-27)18-4-6-20(25)7-5-18/h3-9,13-14H,10-12,15H2,1-2H3. The van der Waals surface area contributed by atoms with Gasteiger partial charge in [-0.1, -0.05) is 29.4 Å². The lowest BCUT2D eigenvalue weighted by molar-refractivity contribution is 0.0762. The summed E-state index contributed by atoms with van der Waals surface area (Å²) in [4.78, 5) is 14.5. The van der Waals surface area contributed by atoms with Gasteiger partial charge in [0.05, 0.1) is 0 Å². The van der Waals surface area contributed by atoms with E-state index in [2.05, 4.69) is 5.16 Å². The van der Waals surface area contributed by atoms with E-state index >= 15 is 0 Å². The molecule has 0 bridgehead atoms. The van der Waals surface area contributed by atoms with Gasteiger partial charge in [-0.3, -0.25) is 4.79 Å². The first-order valence-corrected chi connectivity index (χ1v) is 9.89. The number of rotatable bonds is 5. The fourth-order valence-corrected chi connectivity index (χ4v) is 3.38. The minimum atomic E-state index is -0.254. The Hall–Kier alpha value is -3.41. The summed E-state index contributed by atoms with van der Waals surface area (Å²) in [6.45, 7) is 5.33. The Balaban J connectivity index is 1.36. The van der Waals surface area contributed by atoms with E-state index in [1.807, 2.05) is 38.1 Å². The van der Waals surface area contributed by atoms with Crippen LogP contribution in [0.1, 0.15) is 39.4 Å². The van der Waals surface area contributed by atoms with Crippen LogP contribution in [0.4, 0.5) is 4.39 Å². The fourth-order valence-electron chi connectivity index (χ4n) is 3.38. The highest BCUT2D eigenvalue weighted by molar-refractivity contribution is 5.92. The molecule has 1 aliphatic heterocycles. The van der Waals surface area contributed by atoms with Gasteiger partial charge in [0.2, 0.25) is 0 Å². The van der Waals surface area contributed by atoms with Crippen molar-refractivity contribution in [3.8, 4) is 5.75 Å². The number of halogens is 1. The van der Waals surface area contributed by atoms with Crippen LogP contribution >= 0.6 is 0 Å². The van der Waals surface area contributed by atoms with Crippen molar-refractivity contribution < 1.29 is 18.4 Å². The molecule has 4 rings (SSSR count). The molecule has 0 aliphatic carbocycles. The van der Waals surface area contributed by atoms with Crippen molar-refractivity contribution in [1.82, 2.24) is 10.1 Å². The highest BCUT2D eigenvalue weighted by atomic mass is 19.1. The van der Waals surface area contributed by atoms with Crippen LogP contribution in [0.15, 0.2) is 59.1 Å². The van der Waals surface area contributed by atoms with Crippen molar-refractivity contribution in [2.24, 2.45) is 0 Å². The van der Waals surface area contributed by atoms with Gasteiger partial charge in [0.15, 0.2) is 11.5 Å². The van der Waals surface area contributed by atoms with Crippen LogP contribution < -0.4 is 4.74 Å². The van der Waals surface area contributed by atoms with Crippen molar-refractivity contribution in [3.05, 3.63) is 88.6 Å². The Kier molecular flexibility index (Phi) is 5.65. The normalized spacial score (nSPS) is 13.8. The first-order valence-electron chi connectivity index (χ1n) is 9.89. The molecule has 30 heavy (non-hydrogen) atoms. The number of nitrogens with zero attached hydrogens (tertiary/aromatic N) is 2. The van der Waals surface area contributed by atoms with Gasteiger partial charge in [-0.15, -0.1) is 0 Å². The second kappa shape index (κ2) is 8.53. The first-order chi connectivity index (χ1) is 14.5. The summed E-state index contributed by atoms with van der Waals surface area (Å²) in [5.41, 5.74) is 4.72. The van der Waals surface area contributed by atoms with Gasteiger partial charge in [-0.05, 0) is 66.8 Å². The summed E-state index contributed by atoms with van der Waals surface area (Å²) in [6.07, 6.45) is 2.70. The molecule has 0 radical (unpaired) electrons. The third-order valence-electron chi connectivity index (χ3n) is 5.35. The van der Waals surface area contributed by atoms with E-state index in [1.54, 1.807) is 23.1 Å². The second-order valence-corrected chi connectivity index (χ2v) is 7.45. The first kappa shape index (κ1) is 19.9. The van der Waals surface area contributed by atoms with Crippen LogP contribution in [-0.2, 0) is 6.61 Å². The average molecular weight is 406 g/mol. The van der Waals surface area contributed by atoms with Crippen molar-refractivity contribution >= 4 is 11.5 Å². The molecule has 0 spiro atoms. The number of carbonyl (C=O) groups is 1. The van der Waals surface area contributed by atoms with Crippen molar-refractivity contribution in [2.45, 2.75) is 26.9 Å². The Morgan fingerprint density at radius 1 is 1.13 bits per heavy atom. The SMILES string of the molecule is Cc1ccc(OCc2cc(C(=O)N3CC=C(c4ccc(F)cc4)CC3)no2)cc1C. The third kappa shape index (κ3) is 4.43. The van der Waals surface area contributed by atoms with E-state index < -0.39 is 0 Å². The van der Waals surface area contributed by atoms with Gasteiger partial charge in [-0.25, -0.2) is 4.39 Å². The number of benzene rings is 2. The molecule has 154 valence electrons. The summed E-state index contributed by atoms with van der Waals surface area (Å²) in [5, 5.41) is 3.91. The molecule has 5 nitrogen and oxygen atoms in total. The number of carbonyl (C=O) groups excluding carboxylic acids is 1. The smallest absolute Gasteiger partial charge is 0.276 e. The number of hydrogen-bond acceptors (Lipinski definition) is 4. The van der Waals surface area contributed by atoms with Crippen LogP contribution in [-0.4, -0.2) is 29.1 Å². The van der Waals surface area contributed by atoms with E-state index in [1.165, 1.54) is 17.7 Å². The van der Waals surface area contributed by atoms with E-state index in [9.17, 15) is 9.18 Å². The molecule has 0 saturated carbocycles. The maximum atomic E-state index is 13.1. The topological polar surface area (TPSA) is 55.6 Å². The predicted octanol–water partition coefficient (Wildman–Crippen LogP) is 4.94. The van der Waals surface area contributed by atoms with Gasteiger partial charge < -0.3 is 14.2 Å². The molecule has 2 aromatic carbocycles. The molecular formula is C24H23FN2O3. The molecule has 0 saturated heterocycles. The summed E-state index contributed by atoms with van der Waals surface area (Å²) < 4.78 is 24.1. The molecule has 1 aromatic heterocycles. The Bertz CT molecular complexity index is 1090. The van der Waals surface area contributed by atoms with Crippen LogP contribution in [0.3, 0.4) is 0 Å². The zero-order valence-electron chi connectivity index (χ0n) is 17.0. The van der Waals surface area contributed by atoms with E-state index in [4.69, 9.17) is 9.26 Å². The molecule has 0 atom stereocenters. The zero-order chi connectivity index (χ0) is 21.1. The quantitative estimate of drug-likeness (QED) is 0.602. The lowest BCUT2D eigenvalue weighted by atomic mass is 9.99. The third-order valence-corrected chi connectivity index (χ3v) is 5.35. The number of ether oxygens (including phenoxy) is 1. The molecule has 0 N–H and O–H groups in total. The van der Waals surface area contributed by atoms with Crippen LogP contribution in [0.5, 0.6) is 5.75 Å². The predicted molar refractivity (Wildman–Crippen MR) is 112 cm³/mol. The number of hydrogen-bond donors (Lipinski definition) is 0. The molecule has 0 fully saturated rings. The highest BCUT2D eigenvalue weighted by Gasteiger charge is 2.22. The van der Waals surface area contributed by atoms with Gasteiger partial charge >= 0.3 is 0 Å². The van der Waals surface area contributed by atoms with Crippen molar-refractivity contribution in [3.63, 3.8) is 0 Å². The summed E-state index contributed by atoms with van der Waals surface area (Å²) in [7, 11) is 0. The molecule has 6 heteroatoms. The number of amides is 1. The lowest BCUT2D eigenvalue weighted by Crippen LogP contribution is -2.34. The highest BCUT2D eigenvalue weighted by Crippen LogP contribution is 2.24. The fraction of sp³-hybridized carbons (Fsp3) is 0.250. The summed E-state index contributed by atoms with van der Waals surface area (Å²) >= 11 is 0. The van der Waals surface area contributed by atoms with E-state index in [0.717, 1.165) is 22.4 Å². The number of aromatic nitrogens is 1. The van der Waals surface area contributed by atoms with Crippen LogP contribution in [0.25, 0.3) is 5.57 Å². The van der Waals surface area contributed by atoms with Crippen LogP contribution in [0.2, 0.25) is 0 Å². The number of aryl methyl sites for hydroxylation is 2. The van der Waals surface area contributed by atoms with Gasteiger partial charge in [0.1, 0.15) is 18.2 Å². The Labute approximate surface area is 174 Å². The monoisotopic (exact) mass is 406 g/mol. The molecule has 1 aliphatic rings.